The average Bonchev–Trinajstić information content (AvgIpc) is 3.07. The third kappa shape index (κ3) is 6.96. The lowest BCUT2D eigenvalue weighted by molar-refractivity contribution is -0.160. The van der Waals surface area contributed by atoms with Crippen molar-refractivity contribution in [3.63, 3.8) is 0 Å². The molecule has 0 unspecified atom stereocenters. The summed E-state index contributed by atoms with van der Waals surface area (Å²) >= 11 is 0. The predicted octanol–water partition coefficient (Wildman–Crippen LogP) is 4.93. The maximum Gasteiger partial charge on any atom is 0.337 e. The number of nitrogens with zero attached hydrogens (tertiary/aromatic N) is 1. The molecule has 0 N–H and O–H groups in total. The normalized spacial score (nSPS) is 12.4. The smallest absolute Gasteiger partial charge is 0.337 e. The molecule has 0 amide bonds. The first kappa shape index (κ1) is 24.2. The molecule has 166 valence electrons. The molecular weight excluding hydrogens is 394 g/mol. The molecule has 1 aromatic heterocycles. The van der Waals surface area contributed by atoms with Crippen LogP contribution in [0.25, 0.3) is 16.6 Å². The van der Waals surface area contributed by atoms with E-state index in [4.69, 9.17) is 14.2 Å². The van der Waals surface area contributed by atoms with Crippen LogP contribution in [0.2, 0.25) is 0 Å². The molecule has 6 nitrogen and oxygen atoms in total. The fraction of sp³-hybridized carbons (Fsp3) is 0.360. The molecule has 2 rings (SSSR count). The van der Waals surface area contributed by atoms with E-state index in [0.717, 1.165) is 22.2 Å². The highest BCUT2D eigenvalue weighted by Gasteiger charge is 2.17. The van der Waals surface area contributed by atoms with Gasteiger partial charge in [-0.3, -0.25) is 0 Å². The van der Waals surface area contributed by atoms with Crippen LogP contribution in [0.1, 0.15) is 43.6 Å². The van der Waals surface area contributed by atoms with E-state index in [9.17, 15) is 9.59 Å². The molecule has 0 bridgehead atoms. The summed E-state index contributed by atoms with van der Waals surface area (Å²) < 4.78 is 17.7. The lowest BCUT2D eigenvalue weighted by Gasteiger charge is -2.19. The topological polar surface area (TPSA) is 66.8 Å². The summed E-state index contributed by atoms with van der Waals surface area (Å²) in [4.78, 5) is 23.8. The Morgan fingerprint density at radius 2 is 1.94 bits per heavy atom. The van der Waals surface area contributed by atoms with Gasteiger partial charge in [-0.25, -0.2) is 9.59 Å². The predicted molar refractivity (Wildman–Crippen MR) is 123 cm³/mol. The summed E-state index contributed by atoms with van der Waals surface area (Å²) in [5, 5.41) is 0.934. The van der Waals surface area contributed by atoms with Crippen LogP contribution in [-0.2, 0) is 25.4 Å². The monoisotopic (exact) mass is 425 g/mol. The highest BCUT2D eigenvalue weighted by molar-refractivity contribution is 5.96. The summed E-state index contributed by atoms with van der Waals surface area (Å²) in [7, 11) is 1.36. The Labute approximate surface area is 183 Å². The quantitative estimate of drug-likeness (QED) is 0.324. The standard InChI is InChI=1S/C25H31NO5/c1-7-8-9-10-18(2)26-16-20(13-14-30-17-23(27)31-25(3,4)5)21-15-19(24(28)29-6)11-12-22(21)26/h7-12,15-16H,1,13-14,17H2,2-6H3/b9-8-,18-10+. The van der Waals surface area contributed by atoms with E-state index in [0.29, 0.717) is 18.6 Å². The van der Waals surface area contributed by atoms with Crippen molar-refractivity contribution in [1.29, 1.82) is 0 Å². The van der Waals surface area contributed by atoms with E-state index < -0.39 is 11.6 Å². The first-order valence-corrected chi connectivity index (χ1v) is 10.1. The van der Waals surface area contributed by atoms with Crippen LogP contribution in [0.15, 0.2) is 55.3 Å². The van der Waals surface area contributed by atoms with Crippen molar-refractivity contribution in [2.24, 2.45) is 0 Å². The molecule has 0 atom stereocenters. The van der Waals surface area contributed by atoms with E-state index >= 15 is 0 Å². The Hall–Kier alpha value is -3.12. The number of benzene rings is 1. The molecule has 2 aromatic rings. The lowest BCUT2D eigenvalue weighted by atomic mass is 10.1. The summed E-state index contributed by atoms with van der Waals surface area (Å²) in [5.74, 6) is -0.779. The zero-order valence-corrected chi connectivity index (χ0v) is 18.9. The van der Waals surface area contributed by atoms with Gasteiger partial charge in [0.15, 0.2) is 0 Å². The van der Waals surface area contributed by atoms with Crippen molar-refractivity contribution in [1.82, 2.24) is 4.57 Å². The first-order chi connectivity index (χ1) is 14.7. The second-order valence-corrected chi connectivity index (χ2v) is 8.07. The third-order valence-electron chi connectivity index (χ3n) is 4.43. The van der Waals surface area contributed by atoms with Crippen molar-refractivity contribution in [3.8, 4) is 0 Å². The van der Waals surface area contributed by atoms with Crippen LogP contribution >= 0.6 is 0 Å². The Bertz CT molecular complexity index is 1000. The zero-order chi connectivity index (χ0) is 23.0. The number of carbonyl (C=O) groups is 2. The number of fused-ring (bicyclic) bond motifs is 1. The second kappa shape index (κ2) is 10.8. The molecule has 0 spiro atoms. The molecule has 0 saturated carbocycles. The maximum absolute atomic E-state index is 12.0. The van der Waals surface area contributed by atoms with Gasteiger partial charge in [0.25, 0.3) is 0 Å². The van der Waals surface area contributed by atoms with Gasteiger partial charge >= 0.3 is 11.9 Å². The molecule has 0 aliphatic rings. The SMILES string of the molecule is C=C/C=C\C=C(/C)n1cc(CCOCC(=O)OC(C)(C)C)c2cc(C(=O)OC)ccc21. The molecule has 0 saturated heterocycles. The minimum atomic E-state index is -0.540. The largest absolute Gasteiger partial charge is 0.465 e. The van der Waals surface area contributed by atoms with Crippen molar-refractivity contribution in [2.75, 3.05) is 20.3 Å². The van der Waals surface area contributed by atoms with Crippen molar-refractivity contribution in [3.05, 3.63) is 66.4 Å². The Balaban J connectivity index is 2.25. The van der Waals surface area contributed by atoms with Crippen LogP contribution in [0.3, 0.4) is 0 Å². The van der Waals surface area contributed by atoms with Gasteiger partial charge < -0.3 is 18.8 Å². The van der Waals surface area contributed by atoms with Gasteiger partial charge in [-0.15, -0.1) is 0 Å². The number of esters is 2. The maximum atomic E-state index is 12.0. The first-order valence-electron chi connectivity index (χ1n) is 10.1. The molecular formula is C25H31NO5. The molecule has 0 aliphatic carbocycles. The third-order valence-corrected chi connectivity index (χ3v) is 4.43. The van der Waals surface area contributed by atoms with E-state index in [2.05, 4.69) is 11.1 Å². The Morgan fingerprint density at radius 3 is 2.58 bits per heavy atom. The number of hydrogen-bond acceptors (Lipinski definition) is 5. The van der Waals surface area contributed by atoms with Crippen molar-refractivity contribution >= 4 is 28.5 Å². The molecule has 31 heavy (non-hydrogen) atoms. The minimum absolute atomic E-state index is 0.103. The molecule has 6 heteroatoms. The number of ether oxygens (including phenoxy) is 3. The fourth-order valence-electron chi connectivity index (χ4n) is 3.10. The minimum Gasteiger partial charge on any atom is -0.465 e. The highest BCUT2D eigenvalue weighted by Crippen LogP contribution is 2.26. The van der Waals surface area contributed by atoms with Crippen molar-refractivity contribution in [2.45, 2.75) is 39.7 Å². The van der Waals surface area contributed by atoms with E-state index in [1.807, 2.05) is 64.3 Å². The van der Waals surface area contributed by atoms with Crippen LogP contribution in [0, 0.1) is 0 Å². The van der Waals surface area contributed by atoms with Crippen LogP contribution in [-0.4, -0.2) is 42.4 Å². The van der Waals surface area contributed by atoms with Gasteiger partial charge in [0.1, 0.15) is 12.2 Å². The van der Waals surface area contributed by atoms with E-state index in [-0.39, 0.29) is 12.6 Å². The number of allylic oxidation sites excluding steroid dienone is 5. The molecule has 0 radical (unpaired) electrons. The summed E-state index contributed by atoms with van der Waals surface area (Å²) in [6.07, 6.45) is 10.1. The van der Waals surface area contributed by atoms with Gasteiger partial charge in [-0.05, 0) is 64.0 Å². The number of rotatable bonds is 9. The van der Waals surface area contributed by atoms with Gasteiger partial charge in [-0.2, -0.15) is 0 Å². The number of aromatic nitrogens is 1. The Kier molecular flexibility index (Phi) is 8.39. The number of hydrogen-bond donors (Lipinski definition) is 0. The zero-order valence-electron chi connectivity index (χ0n) is 18.9. The van der Waals surface area contributed by atoms with Crippen LogP contribution in [0.4, 0.5) is 0 Å². The molecule has 1 heterocycles. The fourth-order valence-corrected chi connectivity index (χ4v) is 3.10. The van der Waals surface area contributed by atoms with E-state index in [1.54, 1.807) is 12.1 Å². The summed E-state index contributed by atoms with van der Waals surface area (Å²) in [6.45, 7) is 11.4. The molecule has 0 fully saturated rings. The van der Waals surface area contributed by atoms with Gasteiger partial charge in [0.05, 0.1) is 24.8 Å². The van der Waals surface area contributed by atoms with Crippen molar-refractivity contribution < 1.29 is 23.8 Å². The lowest BCUT2D eigenvalue weighted by Crippen LogP contribution is -2.26. The molecule has 1 aromatic carbocycles. The average molecular weight is 426 g/mol. The van der Waals surface area contributed by atoms with E-state index in [1.165, 1.54) is 7.11 Å². The Morgan fingerprint density at radius 1 is 1.19 bits per heavy atom. The van der Waals surface area contributed by atoms with Gasteiger partial charge in [-0.1, -0.05) is 24.8 Å². The number of carbonyl (C=O) groups excluding carboxylic acids is 2. The summed E-state index contributed by atoms with van der Waals surface area (Å²) in [6, 6.07) is 5.48. The van der Waals surface area contributed by atoms with Crippen LogP contribution < -0.4 is 0 Å². The number of methoxy groups -OCH3 is 1. The molecule has 0 aliphatic heterocycles. The summed E-state index contributed by atoms with van der Waals surface area (Å²) in [5.41, 5.74) is 2.93. The van der Waals surface area contributed by atoms with Gasteiger partial charge in [0, 0.05) is 17.3 Å². The highest BCUT2D eigenvalue weighted by atomic mass is 16.6. The second-order valence-electron chi connectivity index (χ2n) is 8.07. The van der Waals surface area contributed by atoms with Crippen LogP contribution in [0.5, 0.6) is 0 Å². The van der Waals surface area contributed by atoms with Gasteiger partial charge in [0.2, 0.25) is 0 Å².